The van der Waals surface area contributed by atoms with Gasteiger partial charge in [0.1, 0.15) is 5.82 Å². The summed E-state index contributed by atoms with van der Waals surface area (Å²) in [5.74, 6) is 1.03. The van der Waals surface area contributed by atoms with Crippen molar-refractivity contribution >= 4 is 0 Å². The molecular weight excluding hydrogens is 190 g/mol. The monoisotopic (exact) mass is 209 g/mol. The van der Waals surface area contributed by atoms with Gasteiger partial charge in [-0.15, -0.1) is 0 Å². The molecule has 4 nitrogen and oxygen atoms in total. The fourth-order valence-electron chi connectivity index (χ4n) is 1.82. The number of aromatic nitrogens is 2. The minimum atomic E-state index is 0.319. The van der Waals surface area contributed by atoms with Gasteiger partial charge in [0, 0.05) is 24.4 Å². The van der Waals surface area contributed by atoms with Crippen LogP contribution >= 0.6 is 0 Å². The van der Waals surface area contributed by atoms with E-state index in [4.69, 9.17) is 4.74 Å². The molecule has 2 rings (SSSR count). The van der Waals surface area contributed by atoms with Crippen molar-refractivity contribution < 1.29 is 4.74 Å². The van der Waals surface area contributed by atoms with E-state index >= 15 is 0 Å². The smallest absolute Gasteiger partial charge is 0.123 e. The molecule has 1 aromatic heterocycles. The number of nitrogens with one attached hydrogen (secondary N) is 2. The van der Waals surface area contributed by atoms with Crippen LogP contribution in [0.5, 0.6) is 0 Å². The number of ether oxygens (including phenoxy) is 1. The molecule has 1 aliphatic heterocycles. The summed E-state index contributed by atoms with van der Waals surface area (Å²) in [6.07, 6.45) is 4.71. The van der Waals surface area contributed by atoms with Gasteiger partial charge in [-0.2, -0.15) is 0 Å². The number of hydrogen-bond acceptors (Lipinski definition) is 3. The van der Waals surface area contributed by atoms with Gasteiger partial charge in [-0.05, 0) is 6.42 Å². The molecule has 15 heavy (non-hydrogen) atoms. The van der Waals surface area contributed by atoms with Gasteiger partial charge in [0.2, 0.25) is 0 Å². The second-order valence-corrected chi connectivity index (χ2v) is 4.62. The van der Waals surface area contributed by atoms with E-state index in [2.05, 4.69) is 29.1 Å². The molecule has 0 aromatic carbocycles. The van der Waals surface area contributed by atoms with Crippen LogP contribution in [0.15, 0.2) is 12.4 Å². The second kappa shape index (κ2) is 4.33. The third-order valence-corrected chi connectivity index (χ3v) is 2.93. The molecule has 1 aromatic rings. The van der Waals surface area contributed by atoms with E-state index in [1.54, 1.807) is 6.20 Å². The molecule has 0 spiro atoms. The molecule has 0 bridgehead atoms. The van der Waals surface area contributed by atoms with Gasteiger partial charge < -0.3 is 15.0 Å². The molecule has 2 heterocycles. The zero-order valence-electron chi connectivity index (χ0n) is 9.42. The molecule has 4 heteroatoms. The van der Waals surface area contributed by atoms with Crippen molar-refractivity contribution in [2.24, 2.45) is 5.41 Å². The SMILES string of the molecule is CCC(NCC1(C)COC1)c1ncc[nH]1. The standard InChI is InChI=1S/C11H19N3O/c1-3-9(10-12-4-5-13-10)14-6-11(2)7-15-8-11/h4-5,9,14H,3,6-8H2,1-2H3,(H,12,13). The molecule has 0 saturated carbocycles. The van der Waals surface area contributed by atoms with Gasteiger partial charge in [0.25, 0.3) is 0 Å². The van der Waals surface area contributed by atoms with Crippen LogP contribution in [-0.2, 0) is 4.74 Å². The Morgan fingerprint density at radius 2 is 2.47 bits per heavy atom. The summed E-state index contributed by atoms with van der Waals surface area (Å²) in [6.45, 7) is 7.15. The average Bonchev–Trinajstić information content (AvgIpc) is 2.69. The molecule has 1 fully saturated rings. The lowest BCUT2D eigenvalue weighted by atomic mass is 9.88. The summed E-state index contributed by atoms with van der Waals surface area (Å²) < 4.78 is 5.23. The first-order chi connectivity index (χ1) is 7.23. The summed E-state index contributed by atoms with van der Waals surface area (Å²) in [7, 11) is 0. The Morgan fingerprint density at radius 1 is 1.67 bits per heavy atom. The Kier molecular flexibility index (Phi) is 3.07. The summed E-state index contributed by atoms with van der Waals surface area (Å²) >= 11 is 0. The highest BCUT2D eigenvalue weighted by atomic mass is 16.5. The second-order valence-electron chi connectivity index (χ2n) is 4.62. The molecule has 1 unspecified atom stereocenters. The van der Waals surface area contributed by atoms with Crippen LogP contribution in [0.3, 0.4) is 0 Å². The minimum absolute atomic E-state index is 0.319. The molecular formula is C11H19N3O. The Labute approximate surface area is 90.4 Å². The average molecular weight is 209 g/mol. The first-order valence-corrected chi connectivity index (χ1v) is 5.54. The highest BCUT2D eigenvalue weighted by Gasteiger charge is 2.33. The zero-order valence-corrected chi connectivity index (χ0v) is 9.42. The first kappa shape index (κ1) is 10.6. The van der Waals surface area contributed by atoms with E-state index < -0.39 is 0 Å². The van der Waals surface area contributed by atoms with Crippen LogP contribution in [0.25, 0.3) is 0 Å². The van der Waals surface area contributed by atoms with Crippen molar-refractivity contribution in [2.75, 3.05) is 19.8 Å². The van der Waals surface area contributed by atoms with E-state index in [0.717, 1.165) is 32.0 Å². The minimum Gasteiger partial charge on any atom is -0.380 e. The zero-order chi connectivity index (χ0) is 10.7. The van der Waals surface area contributed by atoms with Crippen molar-refractivity contribution in [3.05, 3.63) is 18.2 Å². The summed E-state index contributed by atoms with van der Waals surface area (Å²) in [4.78, 5) is 7.44. The number of rotatable bonds is 5. The molecule has 0 aliphatic carbocycles. The van der Waals surface area contributed by atoms with Gasteiger partial charge in [0.15, 0.2) is 0 Å². The first-order valence-electron chi connectivity index (χ1n) is 5.54. The summed E-state index contributed by atoms with van der Waals surface area (Å²) in [5.41, 5.74) is 0.319. The van der Waals surface area contributed by atoms with Crippen molar-refractivity contribution in [3.8, 4) is 0 Å². The normalized spacial score (nSPS) is 20.9. The van der Waals surface area contributed by atoms with Crippen molar-refractivity contribution in [1.29, 1.82) is 0 Å². The van der Waals surface area contributed by atoms with Crippen LogP contribution in [0.1, 0.15) is 32.1 Å². The topological polar surface area (TPSA) is 49.9 Å². The summed E-state index contributed by atoms with van der Waals surface area (Å²) in [5, 5.41) is 3.54. The quantitative estimate of drug-likeness (QED) is 0.772. The van der Waals surface area contributed by atoms with E-state index in [0.29, 0.717) is 11.5 Å². The Hall–Kier alpha value is -0.870. The van der Waals surface area contributed by atoms with E-state index in [-0.39, 0.29) is 0 Å². The molecule has 0 radical (unpaired) electrons. The molecule has 1 aliphatic rings. The van der Waals surface area contributed by atoms with Gasteiger partial charge >= 0.3 is 0 Å². The lowest BCUT2D eigenvalue weighted by Gasteiger charge is -2.39. The van der Waals surface area contributed by atoms with Crippen LogP contribution in [0.4, 0.5) is 0 Å². The lowest BCUT2D eigenvalue weighted by molar-refractivity contribution is -0.100. The molecule has 84 valence electrons. The summed E-state index contributed by atoms with van der Waals surface area (Å²) in [6, 6.07) is 0.331. The highest BCUT2D eigenvalue weighted by molar-refractivity contribution is 4.96. The van der Waals surface area contributed by atoms with E-state index in [9.17, 15) is 0 Å². The Morgan fingerprint density at radius 3 is 2.93 bits per heavy atom. The van der Waals surface area contributed by atoms with Crippen molar-refractivity contribution in [1.82, 2.24) is 15.3 Å². The predicted molar refractivity (Wildman–Crippen MR) is 58.5 cm³/mol. The van der Waals surface area contributed by atoms with Crippen molar-refractivity contribution in [2.45, 2.75) is 26.3 Å². The maximum Gasteiger partial charge on any atom is 0.123 e. The number of hydrogen-bond donors (Lipinski definition) is 2. The van der Waals surface area contributed by atoms with Crippen LogP contribution in [0.2, 0.25) is 0 Å². The lowest BCUT2D eigenvalue weighted by Crippen LogP contribution is -2.48. The predicted octanol–water partition coefficient (Wildman–Crippen LogP) is 1.49. The number of aromatic amines is 1. The van der Waals surface area contributed by atoms with Crippen LogP contribution < -0.4 is 5.32 Å². The van der Waals surface area contributed by atoms with E-state index in [1.807, 2.05) is 6.20 Å². The van der Waals surface area contributed by atoms with Gasteiger partial charge in [-0.3, -0.25) is 0 Å². The number of nitrogens with zero attached hydrogens (tertiary/aromatic N) is 1. The van der Waals surface area contributed by atoms with E-state index in [1.165, 1.54) is 0 Å². The Balaban J connectivity index is 1.86. The third kappa shape index (κ3) is 2.38. The molecule has 0 amide bonds. The van der Waals surface area contributed by atoms with Gasteiger partial charge in [0.05, 0.1) is 19.3 Å². The fraction of sp³-hybridized carbons (Fsp3) is 0.727. The third-order valence-electron chi connectivity index (χ3n) is 2.93. The molecule has 2 N–H and O–H groups in total. The van der Waals surface area contributed by atoms with Crippen molar-refractivity contribution in [3.63, 3.8) is 0 Å². The number of imidazole rings is 1. The van der Waals surface area contributed by atoms with Gasteiger partial charge in [-0.1, -0.05) is 13.8 Å². The maximum atomic E-state index is 5.23. The maximum absolute atomic E-state index is 5.23. The van der Waals surface area contributed by atoms with Crippen LogP contribution in [-0.4, -0.2) is 29.7 Å². The van der Waals surface area contributed by atoms with Gasteiger partial charge in [-0.25, -0.2) is 4.98 Å². The molecule has 1 saturated heterocycles. The highest BCUT2D eigenvalue weighted by Crippen LogP contribution is 2.26. The number of H-pyrrole nitrogens is 1. The molecule has 1 atom stereocenters. The Bertz CT molecular complexity index is 293. The fourth-order valence-corrected chi connectivity index (χ4v) is 1.82. The largest absolute Gasteiger partial charge is 0.380 e. The van der Waals surface area contributed by atoms with Crippen LogP contribution in [0, 0.1) is 5.41 Å².